The summed E-state index contributed by atoms with van der Waals surface area (Å²) in [5.41, 5.74) is 1.11. The molecule has 1 aromatic heterocycles. The van der Waals surface area contributed by atoms with Crippen molar-refractivity contribution in [3.63, 3.8) is 0 Å². The Morgan fingerprint density at radius 3 is 2.64 bits per heavy atom. The van der Waals surface area contributed by atoms with Crippen LogP contribution in [0.3, 0.4) is 0 Å². The fourth-order valence-corrected chi connectivity index (χ4v) is 4.10. The van der Waals surface area contributed by atoms with Crippen LogP contribution in [0.2, 0.25) is 0 Å². The van der Waals surface area contributed by atoms with E-state index in [1.165, 1.54) is 25.9 Å². The Bertz CT molecular complexity index is 638. The summed E-state index contributed by atoms with van der Waals surface area (Å²) >= 11 is 1.67. The number of benzene rings is 1. The van der Waals surface area contributed by atoms with Crippen molar-refractivity contribution < 1.29 is 4.79 Å². The van der Waals surface area contributed by atoms with Crippen molar-refractivity contribution in [3.05, 3.63) is 58.3 Å². The van der Waals surface area contributed by atoms with E-state index >= 15 is 0 Å². The second-order valence-corrected chi connectivity index (χ2v) is 7.61. The van der Waals surface area contributed by atoms with Crippen LogP contribution in [0.4, 0.5) is 4.79 Å². The first-order valence-corrected chi connectivity index (χ1v) is 9.94. The lowest BCUT2D eigenvalue weighted by molar-refractivity contribution is 0.203. The summed E-state index contributed by atoms with van der Waals surface area (Å²) in [7, 11) is 1.88. The van der Waals surface area contributed by atoms with Crippen LogP contribution in [0.15, 0.2) is 47.8 Å². The van der Waals surface area contributed by atoms with Gasteiger partial charge in [-0.2, -0.15) is 0 Å². The summed E-state index contributed by atoms with van der Waals surface area (Å²) in [6, 6.07) is 14.2. The smallest absolute Gasteiger partial charge is 0.317 e. The summed E-state index contributed by atoms with van der Waals surface area (Å²) < 4.78 is 0. The van der Waals surface area contributed by atoms with Crippen LogP contribution in [0.1, 0.15) is 35.7 Å². The highest BCUT2D eigenvalue weighted by Gasteiger charge is 2.20. The van der Waals surface area contributed by atoms with Crippen LogP contribution in [0.25, 0.3) is 0 Å². The zero-order valence-electron chi connectivity index (χ0n) is 14.9. The quantitative estimate of drug-likeness (QED) is 0.814. The van der Waals surface area contributed by atoms with E-state index in [4.69, 9.17) is 0 Å². The molecule has 5 heteroatoms. The lowest BCUT2D eigenvalue weighted by Gasteiger charge is -2.24. The first-order chi connectivity index (χ1) is 12.2. The highest BCUT2D eigenvalue weighted by molar-refractivity contribution is 7.10. The number of hydrogen-bond donors (Lipinski definition) is 1. The average Bonchev–Trinajstić information content (AvgIpc) is 3.34. The van der Waals surface area contributed by atoms with Crippen LogP contribution in [0, 0.1) is 0 Å². The minimum Gasteiger partial charge on any atom is -0.328 e. The Morgan fingerprint density at radius 1 is 1.20 bits per heavy atom. The molecule has 1 aromatic carbocycles. The first-order valence-electron chi connectivity index (χ1n) is 9.06. The third-order valence-electron chi connectivity index (χ3n) is 4.74. The Hall–Kier alpha value is -1.85. The van der Waals surface area contributed by atoms with Gasteiger partial charge < -0.3 is 15.1 Å². The molecule has 25 heavy (non-hydrogen) atoms. The van der Waals surface area contributed by atoms with E-state index in [-0.39, 0.29) is 12.1 Å². The van der Waals surface area contributed by atoms with E-state index in [1.807, 2.05) is 31.3 Å². The van der Waals surface area contributed by atoms with Crippen molar-refractivity contribution in [2.45, 2.75) is 25.3 Å². The molecule has 2 aromatic rings. The summed E-state index contributed by atoms with van der Waals surface area (Å²) in [5, 5.41) is 5.25. The van der Waals surface area contributed by atoms with Gasteiger partial charge in [0.15, 0.2) is 0 Å². The predicted molar refractivity (Wildman–Crippen MR) is 104 cm³/mol. The third-order valence-corrected chi connectivity index (χ3v) is 5.68. The number of nitrogens with one attached hydrogen (secondary N) is 1. The van der Waals surface area contributed by atoms with Crippen LogP contribution in [-0.4, -0.2) is 49.1 Å². The normalized spacial score (nSPS) is 15.9. The predicted octanol–water partition coefficient (Wildman–Crippen LogP) is 3.96. The molecule has 2 heterocycles. The fourth-order valence-electron chi connectivity index (χ4n) is 3.29. The second kappa shape index (κ2) is 9.02. The molecule has 3 rings (SSSR count). The molecule has 0 saturated carbocycles. The van der Waals surface area contributed by atoms with Crippen LogP contribution in [0.5, 0.6) is 0 Å². The van der Waals surface area contributed by atoms with Gasteiger partial charge in [0.25, 0.3) is 0 Å². The summed E-state index contributed by atoms with van der Waals surface area (Å²) in [6.07, 6.45) is 3.66. The molecule has 0 radical (unpaired) electrons. The maximum atomic E-state index is 12.7. The Morgan fingerprint density at radius 2 is 1.96 bits per heavy atom. The van der Waals surface area contributed by atoms with E-state index < -0.39 is 0 Å². The number of carbonyl (C=O) groups is 1. The van der Waals surface area contributed by atoms with Gasteiger partial charge in [-0.15, -0.1) is 11.3 Å². The highest BCUT2D eigenvalue weighted by Crippen LogP contribution is 2.26. The Balaban J connectivity index is 1.56. The molecule has 4 nitrogen and oxygen atoms in total. The summed E-state index contributed by atoms with van der Waals surface area (Å²) in [6.45, 7) is 4.30. The molecule has 1 saturated heterocycles. The van der Waals surface area contributed by atoms with Gasteiger partial charge >= 0.3 is 6.03 Å². The molecule has 1 fully saturated rings. The van der Waals surface area contributed by atoms with E-state index in [0.29, 0.717) is 0 Å². The molecular formula is C20H27N3OS. The second-order valence-electron chi connectivity index (χ2n) is 6.63. The van der Waals surface area contributed by atoms with Crippen LogP contribution >= 0.6 is 11.3 Å². The van der Waals surface area contributed by atoms with Gasteiger partial charge in [0.1, 0.15) is 0 Å². The van der Waals surface area contributed by atoms with Gasteiger partial charge in [-0.3, -0.25) is 0 Å². The molecule has 1 N–H and O–H groups in total. The molecule has 0 spiro atoms. The average molecular weight is 358 g/mol. The van der Waals surface area contributed by atoms with E-state index in [9.17, 15) is 4.79 Å². The minimum absolute atomic E-state index is 0.0105. The maximum absolute atomic E-state index is 12.7. The SMILES string of the molecule is CN(CCCN1CCCC1)C(=O)NC(c1ccccc1)c1cccs1. The summed E-state index contributed by atoms with van der Waals surface area (Å²) in [5.74, 6) is 0. The molecule has 1 unspecified atom stereocenters. The number of nitrogens with zero attached hydrogens (tertiary/aromatic N) is 2. The fraction of sp³-hybridized carbons (Fsp3) is 0.450. The maximum Gasteiger partial charge on any atom is 0.317 e. The molecule has 1 atom stereocenters. The van der Waals surface area contributed by atoms with Gasteiger partial charge in [0.05, 0.1) is 6.04 Å². The topological polar surface area (TPSA) is 35.6 Å². The summed E-state index contributed by atoms with van der Waals surface area (Å²) in [4.78, 5) is 18.1. The molecule has 1 aliphatic heterocycles. The minimum atomic E-state index is -0.0882. The molecule has 2 amide bonds. The molecule has 134 valence electrons. The monoisotopic (exact) mass is 357 g/mol. The zero-order valence-corrected chi connectivity index (χ0v) is 15.7. The van der Waals surface area contributed by atoms with E-state index in [0.717, 1.165) is 30.0 Å². The Labute approximate surface area is 154 Å². The first kappa shape index (κ1) is 18.0. The molecular weight excluding hydrogens is 330 g/mol. The lowest BCUT2D eigenvalue weighted by Crippen LogP contribution is -2.40. The van der Waals surface area contributed by atoms with Crippen molar-refractivity contribution in [2.75, 3.05) is 33.2 Å². The van der Waals surface area contributed by atoms with Crippen molar-refractivity contribution >= 4 is 17.4 Å². The van der Waals surface area contributed by atoms with Crippen LogP contribution < -0.4 is 5.32 Å². The van der Waals surface area contributed by atoms with E-state index in [2.05, 4.69) is 33.8 Å². The van der Waals surface area contributed by atoms with Gasteiger partial charge in [-0.25, -0.2) is 4.79 Å². The highest BCUT2D eigenvalue weighted by atomic mass is 32.1. The third kappa shape index (κ3) is 5.06. The zero-order chi connectivity index (χ0) is 17.5. The van der Waals surface area contributed by atoms with E-state index in [1.54, 1.807) is 16.2 Å². The standard InChI is InChI=1S/C20H27N3OS/c1-22(12-8-15-23-13-5-6-14-23)20(24)21-19(18-11-7-16-25-18)17-9-3-2-4-10-17/h2-4,7,9-11,16,19H,5-6,8,12-15H2,1H3,(H,21,24). The number of likely N-dealkylation sites (tertiary alicyclic amines) is 1. The van der Waals surface area contributed by atoms with Crippen molar-refractivity contribution in [1.82, 2.24) is 15.1 Å². The van der Waals surface area contributed by atoms with Crippen molar-refractivity contribution in [2.24, 2.45) is 0 Å². The number of hydrogen-bond acceptors (Lipinski definition) is 3. The van der Waals surface area contributed by atoms with Gasteiger partial charge in [-0.05, 0) is 55.9 Å². The Kier molecular flexibility index (Phi) is 6.48. The van der Waals surface area contributed by atoms with Gasteiger partial charge in [0, 0.05) is 18.5 Å². The van der Waals surface area contributed by atoms with Crippen molar-refractivity contribution in [3.8, 4) is 0 Å². The van der Waals surface area contributed by atoms with Gasteiger partial charge in [0.2, 0.25) is 0 Å². The number of carbonyl (C=O) groups excluding carboxylic acids is 1. The lowest BCUT2D eigenvalue weighted by atomic mass is 10.1. The number of thiophene rings is 1. The van der Waals surface area contributed by atoms with Crippen molar-refractivity contribution in [1.29, 1.82) is 0 Å². The largest absolute Gasteiger partial charge is 0.328 e. The number of urea groups is 1. The molecule has 0 aliphatic carbocycles. The van der Waals surface area contributed by atoms with Gasteiger partial charge in [-0.1, -0.05) is 36.4 Å². The number of amides is 2. The molecule has 1 aliphatic rings. The number of rotatable bonds is 7. The van der Waals surface area contributed by atoms with Crippen LogP contribution in [-0.2, 0) is 0 Å². The molecule has 0 bridgehead atoms.